The summed E-state index contributed by atoms with van der Waals surface area (Å²) in [7, 11) is 0. The molecule has 23 heavy (non-hydrogen) atoms. The number of unbranched alkanes of at least 4 members (excludes halogenated alkanes) is 17. The van der Waals surface area contributed by atoms with Gasteiger partial charge in [-0.25, -0.2) is 0 Å². The fraction of sp³-hybridized carbons (Fsp3) is 1.00. The SMILES string of the molecule is CCCCCCCCCCCCCCCCCCCC.CCO. The highest BCUT2D eigenvalue weighted by Crippen LogP contribution is 2.14. The second-order valence-corrected chi connectivity index (χ2v) is 6.97. The number of aliphatic hydroxyl groups is 1. The molecule has 0 saturated carbocycles. The van der Waals surface area contributed by atoms with Gasteiger partial charge < -0.3 is 5.11 Å². The average molecular weight is 329 g/mol. The molecule has 1 heteroatoms. The molecule has 0 amide bonds. The van der Waals surface area contributed by atoms with Crippen LogP contribution in [-0.4, -0.2) is 11.7 Å². The largest absolute Gasteiger partial charge is 0.397 e. The molecule has 0 aliphatic carbocycles. The molecule has 0 aliphatic rings. The third kappa shape index (κ3) is 30.4. The third-order valence-corrected chi connectivity index (χ3v) is 4.46. The Labute approximate surface area is 148 Å². The van der Waals surface area contributed by atoms with Gasteiger partial charge in [0.1, 0.15) is 0 Å². The van der Waals surface area contributed by atoms with E-state index in [9.17, 15) is 0 Å². The summed E-state index contributed by atoms with van der Waals surface area (Å²) in [5.41, 5.74) is 0. The van der Waals surface area contributed by atoms with Gasteiger partial charge in [0.25, 0.3) is 0 Å². The molecule has 1 N–H and O–H groups in total. The van der Waals surface area contributed by atoms with Gasteiger partial charge in [0.05, 0.1) is 0 Å². The van der Waals surface area contributed by atoms with Crippen LogP contribution >= 0.6 is 0 Å². The highest BCUT2D eigenvalue weighted by molar-refractivity contribution is 4.49. The van der Waals surface area contributed by atoms with Gasteiger partial charge in [-0.05, 0) is 6.92 Å². The molecule has 0 rings (SSSR count). The Morgan fingerprint density at radius 3 is 0.609 bits per heavy atom. The minimum absolute atomic E-state index is 0.250. The second kappa shape index (κ2) is 26.8. The van der Waals surface area contributed by atoms with Crippen LogP contribution in [0.15, 0.2) is 0 Å². The van der Waals surface area contributed by atoms with Crippen LogP contribution in [0.4, 0.5) is 0 Å². The summed E-state index contributed by atoms with van der Waals surface area (Å²) in [6.45, 7) is 6.52. The molecule has 0 atom stereocenters. The van der Waals surface area contributed by atoms with E-state index in [0.29, 0.717) is 0 Å². The van der Waals surface area contributed by atoms with Crippen molar-refractivity contribution in [2.24, 2.45) is 0 Å². The molecular weight excluding hydrogens is 280 g/mol. The summed E-state index contributed by atoms with van der Waals surface area (Å²) in [6.07, 6.45) is 26.4. The van der Waals surface area contributed by atoms with Crippen molar-refractivity contribution in [1.29, 1.82) is 0 Å². The van der Waals surface area contributed by atoms with E-state index in [1.165, 1.54) is 116 Å². The first-order valence-corrected chi connectivity index (χ1v) is 10.9. The Morgan fingerprint density at radius 1 is 0.348 bits per heavy atom. The minimum Gasteiger partial charge on any atom is -0.397 e. The maximum atomic E-state index is 7.57. The quantitative estimate of drug-likeness (QED) is 0.268. The Kier molecular flexibility index (Phi) is 29.4. The van der Waals surface area contributed by atoms with Crippen molar-refractivity contribution < 1.29 is 5.11 Å². The standard InChI is InChI=1S/C20H42.C2H6O/c1-3-5-7-9-11-13-15-17-19-20-18-16-14-12-10-8-6-4-2;1-2-3/h3-20H2,1-2H3;3H,2H2,1H3. The van der Waals surface area contributed by atoms with Gasteiger partial charge in [-0.15, -0.1) is 0 Å². The van der Waals surface area contributed by atoms with Crippen molar-refractivity contribution >= 4 is 0 Å². The average Bonchev–Trinajstić information content (AvgIpc) is 2.55. The lowest BCUT2D eigenvalue weighted by Crippen LogP contribution is -1.83. The molecular formula is C22H48O. The lowest BCUT2D eigenvalue weighted by atomic mass is 10.0. The van der Waals surface area contributed by atoms with Gasteiger partial charge in [0.2, 0.25) is 0 Å². The maximum Gasteiger partial charge on any atom is 0.0402 e. The van der Waals surface area contributed by atoms with E-state index in [2.05, 4.69) is 13.8 Å². The molecule has 0 unspecified atom stereocenters. The molecule has 0 aromatic heterocycles. The smallest absolute Gasteiger partial charge is 0.0402 e. The molecule has 0 fully saturated rings. The van der Waals surface area contributed by atoms with Crippen LogP contribution in [0.1, 0.15) is 136 Å². The summed E-state index contributed by atoms with van der Waals surface area (Å²) in [5.74, 6) is 0. The van der Waals surface area contributed by atoms with E-state index >= 15 is 0 Å². The number of hydrogen-bond acceptors (Lipinski definition) is 1. The summed E-state index contributed by atoms with van der Waals surface area (Å²) < 4.78 is 0. The molecule has 0 radical (unpaired) electrons. The van der Waals surface area contributed by atoms with Crippen LogP contribution in [0.25, 0.3) is 0 Å². The van der Waals surface area contributed by atoms with Gasteiger partial charge >= 0.3 is 0 Å². The normalized spacial score (nSPS) is 10.4. The molecule has 0 aliphatic heterocycles. The minimum atomic E-state index is 0.250. The van der Waals surface area contributed by atoms with Crippen LogP contribution in [0.3, 0.4) is 0 Å². The maximum absolute atomic E-state index is 7.57. The predicted molar refractivity (Wildman–Crippen MR) is 107 cm³/mol. The molecule has 0 heterocycles. The van der Waals surface area contributed by atoms with Crippen LogP contribution in [-0.2, 0) is 0 Å². The summed E-state index contributed by atoms with van der Waals surface area (Å²) in [4.78, 5) is 0. The Balaban J connectivity index is 0. The van der Waals surface area contributed by atoms with Gasteiger partial charge in [-0.1, -0.05) is 129 Å². The van der Waals surface area contributed by atoms with Gasteiger partial charge in [0, 0.05) is 6.61 Å². The molecule has 0 aromatic carbocycles. The number of aliphatic hydroxyl groups excluding tert-OH is 1. The van der Waals surface area contributed by atoms with Crippen LogP contribution < -0.4 is 0 Å². The van der Waals surface area contributed by atoms with Gasteiger partial charge in [0.15, 0.2) is 0 Å². The summed E-state index contributed by atoms with van der Waals surface area (Å²) in [6, 6.07) is 0. The predicted octanol–water partition coefficient (Wildman–Crippen LogP) is 8.05. The van der Waals surface area contributed by atoms with Crippen LogP contribution in [0.2, 0.25) is 0 Å². The Morgan fingerprint density at radius 2 is 0.478 bits per heavy atom. The Hall–Kier alpha value is -0.0400. The molecule has 0 saturated heterocycles. The molecule has 0 bridgehead atoms. The molecule has 1 nitrogen and oxygen atoms in total. The first-order chi connectivity index (χ1) is 11.3. The van der Waals surface area contributed by atoms with Crippen LogP contribution in [0, 0.1) is 0 Å². The fourth-order valence-corrected chi connectivity index (χ4v) is 2.97. The van der Waals surface area contributed by atoms with Crippen molar-refractivity contribution in [2.75, 3.05) is 6.61 Å². The zero-order chi connectivity index (χ0) is 17.4. The van der Waals surface area contributed by atoms with E-state index in [1.54, 1.807) is 6.92 Å². The van der Waals surface area contributed by atoms with Crippen molar-refractivity contribution in [2.45, 2.75) is 136 Å². The van der Waals surface area contributed by atoms with Crippen molar-refractivity contribution in [3.63, 3.8) is 0 Å². The number of hydrogen-bond donors (Lipinski definition) is 1. The third-order valence-electron chi connectivity index (χ3n) is 4.46. The highest BCUT2D eigenvalue weighted by Gasteiger charge is 1.94. The van der Waals surface area contributed by atoms with E-state index in [4.69, 9.17) is 5.11 Å². The zero-order valence-electron chi connectivity index (χ0n) is 16.9. The molecule has 142 valence electrons. The van der Waals surface area contributed by atoms with Gasteiger partial charge in [-0.2, -0.15) is 0 Å². The van der Waals surface area contributed by atoms with Gasteiger partial charge in [-0.3, -0.25) is 0 Å². The summed E-state index contributed by atoms with van der Waals surface area (Å²) in [5, 5.41) is 7.57. The monoisotopic (exact) mass is 328 g/mol. The van der Waals surface area contributed by atoms with Crippen molar-refractivity contribution in [1.82, 2.24) is 0 Å². The Bertz CT molecular complexity index is 149. The van der Waals surface area contributed by atoms with Crippen LogP contribution in [0.5, 0.6) is 0 Å². The highest BCUT2D eigenvalue weighted by atomic mass is 16.2. The fourth-order valence-electron chi connectivity index (χ4n) is 2.97. The van der Waals surface area contributed by atoms with E-state index in [1.807, 2.05) is 0 Å². The zero-order valence-corrected chi connectivity index (χ0v) is 16.9. The lowest BCUT2D eigenvalue weighted by Gasteiger charge is -2.03. The second-order valence-electron chi connectivity index (χ2n) is 6.97. The first kappa shape index (κ1) is 25.2. The number of rotatable bonds is 17. The van der Waals surface area contributed by atoms with E-state index in [0.717, 1.165) is 0 Å². The topological polar surface area (TPSA) is 20.2 Å². The molecule has 0 spiro atoms. The van der Waals surface area contributed by atoms with E-state index < -0.39 is 0 Å². The molecule has 0 aromatic rings. The first-order valence-electron chi connectivity index (χ1n) is 10.9. The lowest BCUT2D eigenvalue weighted by molar-refractivity contribution is 0.318. The summed E-state index contributed by atoms with van der Waals surface area (Å²) >= 11 is 0. The van der Waals surface area contributed by atoms with E-state index in [-0.39, 0.29) is 6.61 Å². The van der Waals surface area contributed by atoms with Crippen molar-refractivity contribution in [3.8, 4) is 0 Å². The van der Waals surface area contributed by atoms with Crippen molar-refractivity contribution in [3.05, 3.63) is 0 Å².